The highest BCUT2D eigenvalue weighted by Gasteiger charge is 2.34. The summed E-state index contributed by atoms with van der Waals surface area (Å²) in [5, 5.41) is 3.72. The van der Waals surface area contributed by atoms with Gasteiger partial charge in [-0.3, -0.25) is 0 Å². The molecule has 2 rings (SSSR count). The van der Waals surface area contributed by atoms with Crippen molar-refractivity contribution >= 4 is 11.3 Å². The van der Waals surface area contributed by atoms with Gasteiger partial charge in [0.2, 0.25) is 0 Å². The largest absolute Gasteiger partial charge is 0.381 e. The minimum Gasteiger partial charge on any atom is -0.381 e. The fraction of sp³-hybridized carbons (Fsp3) is 0.765. The number of hydrogen-bond acceptors (Lipinski definition) is 3. The van der Waals surface area contributed by atoms with Gasteiger partial charge in [-0.2, -0.15) is 0 Å². The third-order valence-corrected chi connectivity index (χ3v) is 5.39. The van der Waals surface area contributed by atoms with Crippen molar-refractivity contribution in [1.29, 1.82) is 0 Å². The van der Waals surface area contributed by atoms with E-state index in [1.54, 1.807) is 4.88 Å². The molecule has 0 saturated carbocycles. The van der Waals surface area contributed by atoms with Gasteiger partial charge in [0.05, 0.1) is 0 Å². The molecule has 0 amide bonds. The fourth-order valence-corrected chi connectivity index (χ4v) is 3.88. The molecule has 1 aliphatic rings. The summed E-state index contributed by atoms with van der Waals surface area (Å²) in [4.78, 5) is 3.05. The minimum absolute atomic E-state index is 0.190. The first kappa shape index (κ1) is 16.0. The number of hydrogen-bond donors (Lipinski definition) is 1. The predicted molar refractivity (Wildman–Crippen MR) is 87.6 cm³/mol. The van der Waals surface area contributed by atoms with Gasteiger partial charge in [-0.1, -0.05) is 6.92 Å². The molecule has 1 aromatic heterocycles. The van der Waals surface area contributed by atoms with Gasteiger partial charge < -0.3 is 10.1 Å². The Bertz CT molecular complexity index is 413. The first-order valence-corrected chi connectivity index (χ1v) is 8.64. The summed E-state index contributed by atoms with van der Waals surface area (Å²) < 4.78 is 5.60. The number of nitrogens with one attached hydrogen (secondary N) is 1. The second-order valence-electron chi connectivity index (χ2n) is 7.11. The van der Waals surface area contributed by atoms with E-state index in [1.165, 1.54) is 24.1 Å². The summed E-state index contributed by atoms with van der Waals surface area (Å²) in [6, 6.07) is 4.63. The summed E-state index contributed by atoms with van der Waals surface area (Å²) in [6.07, 6.45) is 4.70. The SMILES string of the molecule is CCc1ccc(CC2(CNC(C)(C)C)CCOCC2)s1. The molecule has 0 aromatic carbocycles. The van der Waals surface area contributed by atoms with E-state index in [-0.39, 0.29) is 5.54 Å². The second kappa shape index (κ2) is 6.59. The molecule has 2 nitrogen and oxygen atoms in total. The van der Waals surface area contributed by atoms with Crippen LogP contribution < -0.4 is 5.32 Å². The lowest BCUT2D eigenvalue weighted by molar-refractivity contribution is 0.0125. The molecule has 1 fully saturated rings. The quantitative estimate of drug-likeness (QED) is 0.885. The zero-order valence-corrected chi connectivity index (χ0v) is 14.2. The lowest BCUT2D eigenvalue weighted by Crippen LogP contribution is -2.47. The van der Waals surface area contributed by atoms with Crippen LogP contribution >= 0.6 is 11.3 Å². The summed E-state index contributed by atoms with van der Waals surface area (Å²) in [5.74, 6) is 0. The van der Waals surface area contributed by atoms with Crippen LogP contribution in [-0.2, 0) is 17.6 Å². The number of rotatable bonds is 5. The van der Waals surface area contributed by atoms with Gasteiger partial charge in [0.25, 0.3) is 0 Å². The Balaban J connectivity index is 2.05. The Morgan fingerprint density at radius 2 is 1.85 bits per heavy atom. The molecule has 0 bridgehead atoms. The minimum atomic E-state index is 0.190. The second-order valence-corrected chi connectivity index (χ2v) is 8.37. The van der Waals surface area contributed by atoms with Gasteiger partial charge in [-0.15, -0.1) is 11.3 Å². The van der Waals surface area contributed by atoms with E-state index >= 15 is 0 Å². The fourth-order valence-electron chi connectivity index (χ4n) is 2.75. The van der Waals surface area contributed by atoms with E-state index < -0.39 is 0 Å². The molecule has 2 heterocycles. The van der Waals surface area contributed by atoms with Gasteiger partial charge in [-0.25, -0.2) is 0 Å². The molecule has 0 radical (unpaired) electrons. The number of thiophene rings is 1. The Morgan fingerprint density at radius 3 is 2.40 bits per heavy atom. The molecule has 1 N–H and O–H groups in total. The smallest absolute Gasteiger partial charge is 0.0471 e. The van der Waals surface area contributed by atoms with Crippen LogP contribution in [0, 0.1) is 5.41 Å². The van der Waals surface area contributed by atoms with E-state index in [1.807, 2.05) is 11.3 Å². The summed E-state index contributed by atoms with van der Waals surface area (Å²) in [6.45, 7) is 11.9. The highest BCUT2D eigenvalue weighted by Crippen LogP contribution is 2.36. The van der Waals surface area contributed by atoms with Gasteiger partial charge in [0, 0.05) is 35.1 Å². The highest BCUT2D eigenvalue weighted by molar-refractivity contribution is 7.11. The molecule has 3 heteroatoms. The van der Waals surface area contributed by atoms with E-state index in [0.29, 0.717) is 5.41 Å². The van der Waals surface area contributed by atoms with Crippen LogP contribution in [0.4, 0.5) is 0 Å². The van der Waals surface area contributed by atoms with E-state index in [9.17, 15) is 0 Å². The maximum atomic E-state index is 5.60. The molecular formula is C17H29NOS. The molecule has 0 atom stereocenters. The van der Waals surface area contributed by atoms with Crippen LogP contribution in [-0.4, -0.2) is 25.3 Å². The van der Waals surface area contributed by atoms with Crippen LogP contribution in [0.15, 0.2) is 12.1 Å². The van der Waals surface area contributed by atoms with Crippen molar-refractivity contribution in [2.75, 3.05) is 19.8 Å². The Kier molecular flexibility index (Phi) is 5.27. The summed E-state index contributed by atoms with van der Waals surface area (Å²) in [7, 11) is 0. The topological polar surface area (TPSA) is 21.3 Å². The monoisotopic (exact) mass is 295 g/mol. The average Bonchev–Trinajstić information content (AvgIpc) is 2.84. The van der Waals surface area contributed by atoms with Crippen molar-refractivity contribution in [1.82, 2.24) is 5.32 Å². The summed E-state index contributed by atoms with van der Waals surface area (Å²) >= 11 is 1.99. The van der Waals surface area contributed by atoms with Crippen LogP contribution in [0.3, 0.4) is 0 Å². The maximum absolute atomic E-state index is 5.60. The third kappa shape index (κ3) is 4.57. The number of aryl methyl sites for hydroxylation is 1. The normalized spacial score (nSPS) is 19.2. The molecule has 1 aliphatic heterocycles. The Labute approximate surface area is 127 Å². The number of ether oxygens (including phenoxy) is 1. The van der Waals surface area contributed by atoms with E-state index in [4.69, 9.17) is 4.74 Å². The zero-order chi connectivity index (χ0) is 14.6. The molecular weight excluding hydrogens is 266 g/mol. The maximum Gasteiger partial charge on any atom is 0.0471 e. The van der Waals surface area contributed by atoms with Crippen molar-refractivity contribution in [3.8, 4) is 0 Å². The van der Waals surface area contributed by atoms with Gasteiger partial charge in [-0.05, 0) is 64.0 Å². The highest BCUT2D eigenvalue weighted by atomic mass is 32.1. The standard InChI is InChI=1S/C17H29NOS/c1-5-14-6-7-15(20-14)12-17(8-10-19-11-9-17)13-18-16(2,3)4/h6-7,18H,5,8-13H2,1-4H3. The molecule has 1 aromatic rings. The zero-order valence-electron chi connectivity index (χ0n) is 13.4. The van der Waals surface area contributed by atoms with Crippen LogP contribution in [0.25, 0.3) is 0 Å². The molecule has 0 spiro atoms. The first-order chi connectivity index (χ1) is 9.42. The van der Waals surface area contributed by atoms with Gasteiger partial charge in [0.15, 0.2) is 0 Å². The van der Waals surface area contributed by atoms with Crippen molar-refractivity contribution in [2.24, 2.45) is 5.41 Å². The van der Waals surface area contributed by atoms with Crippen molar-refractivity contribution < 1.29 is 4.74 Å². The Hall–Kier alpha value is -0.380. The summed E-state index contributed by atoms with van der Waals surface area (Å²) in [5.41, 5.74) is 0.566. The van der Waals surface area contributed by atoms with Gasteiger partial charge >= 0.3 is 0 Å². The van der Waals surface area contributed by atoms with Crippen LogP contribution in [0.2, 0.25) is 0 Å². The molecule has 1 saturated heterocycles. The molecule has 114 valence electrons. The molecule has 0 aliphatic carbocycles. The predicted octanol–water partition coefficient (Wildman–Crippen LogP) is 4.04. The van der Waals surface area contributed by atoms with Crippen LogP contribution in [0.5, 0.6) is 0 Å². The van der Waals surface area contributed by atoms with Gasteiger partial charge in [0.1, 0.15) is 0 Å². The van der Waals surface area contributed by atoms with Crippen molar-refractivity contribution in [3.05, 3.63) is 21.9 Å². The van der Waals surface area contributed by atoms with Crippen molar-refractivity contribution in [3.63, 3.8) is 0 Å². The third-order valence-electron chi connectivity index (χ3n) is 4.16. The van der Waals surface area contributed by atoms with E-state index in [0.717, 1.165) is 26.2 Å². The van der Waals surface area contributed by atoms with Crippen LogP contribution in [0.1, 0.15) is 50.3 Å². The van der Waals surface area contributed by atoms with Crippen molar-refractivity contribution in [2.45, 2.75) is 58.9 Å². The lowest BCUT2D eigenvalue weighted by atomic mass is 9.76. The molecule has 20 heavy (non-hydrogen) atoms. The Morgan fingerprint density at radius 1 is 1.20 bits per heavy atom. The lowest BCUT2D eigenvalue weighted by Gasteiger charge is -2.39. The average molecular weight is 295 g/mol. The molecule has 0 unspecified atom stereocenters. The van der Waals surface area contributed by atoms with E-state index in [2.05, 4.69) is 45.1 Å². The first-order valence-electron chi connectivity index (χ1n) is 7.83.